The number of halogens is 3. The van der Waals surface area contributed by atoms with E-state index in [0.717, 1.165) is 95.1 Å². The van der Waals surface area contributed by atoms with Gasteiger partial charge in [0.15, 0.2) is 5.78 Å². The lowest BCUT2D eigenvalue weighted by Gasteiger charge is -2.37. The van der Waals surface area contributed by atoms with Crippen LogP contribution >= 0.6 is 0 Å². The maximum absolute atomic E-state index is 12.7. The van der Waals surface area contributed by atoms with Gasteiger partial charge in [0.2, 0.25) is 0 Å². The van der Waals surface area contributed by atoms with Crippen molar-refractivity contribution in [3.63, 3.8) is 0 Å². The lowest BCUT2D eigenvalue weighted by molar-refractivity contribution is -0.137. The number of aromatic nitrogens is 1. The summed E-state index contributed by atoms with van der Waals surface area (Å²) in [5.41, 5.74) is 0.919. The Balaban J connectivity index is 1.01. The number of Topliss-reactive ketones (excluding diaryl/α,β-unsaturated/α-hetero) is 1. The highest BCUT2D eigenvalue weighted by Crippen LogP contribution is 2.35. The fourth-order valence-corrected chi connectivity index (χ4v) is 5.87. The van der Waals surface area contributed by atoms with Gasteiger partial charge in [-0.3, -0.25) is 9.69 Å². The smallest absolute Gasteiger partial charge is 0.416 e. The van der Waals surface area contributed by atoms with Gasteiger partial charge in [0.1, 0.15) is 11.6 Å². The number of ketones is 1. The fraction of sp³-hybridized carbons (Fsp3) is 0.571. The van der Waals surface area contributed by atoms with Gasteiger partial charge >= 0.3 is 6.18 Å². The first-order valence-corrected chi connectivity index (χ1v) is 13.2. The second kappa shape index (κ2) is 10.8. The summed E-state index contributed by atoms with van der Waals surface area (Å²) in [7, 11) is 0. The van der Waals surface area contributed by atoms with E-state index in [1.165, 1.54) is 24.1 Å². The fourth-order valence-electron chi connectivity index (χ4n) is 5.87. The molecule has 2 aliphatic heterocycles. The zero-order valence-electron chi connectivity index (χ0n) is 20.6. The van der Waals surface area contributed by atoms with E-state index in [9.17, 15) is 18.0 Å². The van der Waals surface area contributed by atoms with Crippen LogP contribution in [0.2, 0.25) is 0 Å². The highest BCUT2D eigenvalue weighted by atomic mass is 19.4. The summed E-state index contributed by atoms with van der Waals surface area (Å²) in [4.78, 5) is 22.2. The number of rotatable bonds is 7. The number of hydrogen-bond acceptors (Lipinski definition) is 5. The highest BCUT2D eigenvalue weighted by Gasteiger charge is 2.31. The number of alkyl halides is 3. The Morgan fingerprint density at radius 3 is 2.36 bits per heavy atom. The number of benzene rings is 1. The highest BCUT2D eigenvalue weighted by molar-refractivity contribution is 5.96. The number of ether oxygens (including phenoxy) is 1. The second-order valence-corrected chi connectivity index (χ2v) is 10.4. The van der Waals surface area contributed by atoms with E-state index in [4.69, 9.17) is 4.74 Å². The predicted molar refractivity (Wildman–Crippen MR) is 133 cm³/mol. The molecule has 0 bridgehead atoms. The van der Waals surface area contributed by atoms with Gasteiger partial charge in [-0.05, 0) is 55.8 Å². The molecule has 0 atom stereocenters. The van der Waals surface area contributed by atoms with E-state index in [0.29, 0.717) is 23.8 Å². The molecule has 0 unspecified atom stereocenters. The minimum Gasteiger partial charge on any atom is -0.493 e. The molecule has 1 saturated carbocycles. The minimum atomic E-state index is -4.37. The first-order chi connectivity index (χ1) is 17.4. The second-order valence-electron chi connectivity index (χ2n) is 10.4. The van der Waals surface area contributed by atoms with Gasteiger partial charge in [-0.2, -0.15) is 13.2 Å². The van der Waals surface area contributed by atoms with Crippen LogP contribution in [-0.4, -0.2) is 55.0 Å². The summed E-state index contributed by atoms with van der Waals surface area (Å²) in [5, 5.41) is 0. The van der Waals surface area contributed by atoms with Crippen LogP contribution in [0.15, 0.2) is 36.5 Å². The number of hydrogen-bond donors (Lipinski definition) is 0. The zero-order chi connectivity index (χ0) is 25.1. The summed E-state index contributed by atoms with van der Waals surface area (Å²) >= 11 is 0. The number of nitrogens with zero attached hydrogens (tertiary/aromatic N) is 3. The molecule has 3 heterocycles. The van der Waals surface area contributed by atoms with E-state index in [1.54, 1.807) is 0 Å². The van der Waals surface area contributed by atoms with Crippen LogP contribution in [0.4, 0.5) is 19.0 Å². The third kappa shape index (κ3) is 5.85. The Hall–Kier alpha value is -2.61. The van der Waals surface area contributed by atoms with E-state index in [2.05, 4.69) is 14.8 Å². The van der Waals surface area contributed by atoms with E-state index < -0.39 is 11.7 Å². The van der Waals surface area contributed by atoms with Crippen LogP contribution in [0.3, 0.4) is 0 Å². The number of pyridine rings is 1. The average Bonchev–Trinajstić information content (AvgIpc) is 3.37. The zero-order valence-corrected chi connectivity index (χ0v) is 20.6. The molecule has 194 valence electrons. The molecule has 2 fully saturated rings. The lowest BCUT2D eigenvalue weighted by atomic mass is 9.78. The van der Waals surface area contributed by atoms with Crippen LogP contribution in [0, 0.1) is 11.8 Å². The molecule has 5 nitrogen and oxygen atoms in total. The molecule has 0 radical (unpaired) electrons. The number of piperazine rings is 1. The van der Waals surface area contributed by atoms with Crippen molar-refractivity contribution in [1.82, 2.24) is 9.88 Å². The number of carbonyl (C=O) groups is 1. The van der Waals surface area contributed by atoms with Crippen molar-refractivity contribution in [2.75, 3.05) is 44.2 Å². The van der Waals surface area contributed by atoms with Crippen LogP contribution in [0.5, 0.6) is 5.75 Å². The maximum Gasteiger partial charge on any atom is 0.416 e. The van der Waals surface area contributed by atoms with Crippen LogP contribution < -0.4 is 9.64 Å². The van der Waals surface area contributed by atoms with Gasteiger partial charge in [-0.25, -0.2) is 4.98 Å². The van der Waals surface area contributed by atoms with Crippen molar-refractivity contribution in [1.29, 1.82) is 0 Å². The molecule has 2 aromatic rings. The Morgan fingerprint density at radius 1 is 0.972 bits per heavy atom. The third-order valence-corrected chi connectivity index (χ3v) is 8.10. The quantitative estimate of drug-likeness (QED) is 0.461. The van der Waals surface area contributed by atoms with E-state index in [-0.39, 0.29) is 5.78 Å². The molecule has 1 saturated heterocycles. The largest absolute Gasteiger partial charge is 0.493 e. The summed E-state index contributed by atoms with van der Waals surface area (Å²) in [5.74, 6) is 3.06. The van der Waals surface area contributed by atoms with Gasteiger partial charge in [0, 0.05) is 56.3 Å². The van der Waals surface area contributed by atoms with Gasteiger partial charge < -0.3 is 9.64 Å². The topological polar surface area (TPSA) is 45.7 Å². The van der Waals surface area contributed by atoms with Crippen molar-refractivity contribution in [3.8, 4) is 5.75 Å². The maximum atomic E-state index is 12.7. The summed E-state index contributed by atoms with van der Waals surface area (Å²) in [6.45, 7) is 5.92. The molecule has 1 aromatic carbocycles. The molecule has 1 aliphatic carbocycles. The molecule has 3 aliphatic rings. The standard InChI is InChI=1S/C28H34F3N3O2/c29-28(30,31)23-7-5-22(6-8-23)25(35)19-21-3-1-20(2-4-21)10-13-33-14-16-34(17-15-33)27-24-11-18-36-26(24)9-12-32-27/h5-9,12,20-21H,1-4,10-11,13-19H2. The van der Waals surface area contributed by atoms with Gasteiger partial charge in [0.05, 0.1) is 12.2 Å². The molecule has 8 heteroatoms. The van der Waals surface area contributed by atoms with E-state index in [1.807, 2.05) is 12.3 Å². The van der Waals surface area contributed by atoms with Crippen LogP contribution in [0.1, 0.15) is 60.0 Å². The minimum absolute atomic E-state index is 0.0462. The van der Waals surface area contributed by atoms with Crippen LogP contribution in [0.25, 0.3) is 0 Å². The first kappa shape index (κ1) is 25.1. The monoisotopic (exact) mass is 501 g/mol. The Morgan fingerprint density at radius 2 is 1.67 bits per heavy atom. The van der Waals surface area contributed by atoms with E-state index >= 15 is 0 Å². The number of carbonyl (C=O) groups excluding carboxylic acids is 1. The lowest BCUT2D eigenvalue weighted by Crippen LogP contribution is -2.47. The van der Waals surface area contributed by atoms with Crippen LogP contribution in [-0.2, 0) is 12.6 Å². The normalized spacial score (nSPS) is 22.8. The Labute approximate surface area is 210 Å². The summed E-state index contributed by atoms with van der Waals surface area (Å²) < 4.78 is 43.9. The first-order valence-electron chi connectivity index (χ1n) is 13.2. The van der Waals surface area contributed by atoms with Crippen molar-refractivity contribution >= 4 is 11.6 Å². The summed E-state index contributed by atoms with van der Waals surface area (Å²) in [6.07, 6.45) is 4.35. The molecular formula is C28H34F3N3O2. The molecular weight excluding hydrogens is 467 g/mol. The molecule has 36 heavy (non-hydrogen) atoms. The number of anilines is 1. The van der Waals surface area contributed by atoms with Crippen molar-refractivity contribution < 1.29 is 22.7 Å². The predicted octanol–water partition coefficient (Wildman–Crippen LogP) is 5.63. The molecule has 0 N–H and O–H groups in total. The average molecular weight is 502 g/mol. The summed E-state index contributed by atoms with van der Waals surface area (Å²) in [6, 6.07) is 6.58. The molecule has 1 aromatic heterocycles. The molecule has 0 amide bonds. The molecule has 5 rings (SSSR count). The SMILES string of the molecule is O=C(CC1CCC(CCN2CCN(c3nccc4c3CCO4)CC2)CC1)c1ccc(C(F)(F)F)cc1. The van der Waals surface area contributed by atoms with Gasteiger partial charge in [-0.15, -0.1) is 0 Å². The molecule has 0 spiro atoms. The van der Waals surface area contributed by atoms with Crippen molar-refractivity contribution in [2.45, 2.75) is 51.1 Å². The Kier molecular flexibility index (Phi) is 7.51. The number of fused-ring (bicyclic) bond motifs is 1. The van der Waals surface area contributed by atoms with Crippen molar-refractivity contribution in [2.24, 2.45) is 11.8 Å². The third-order valence-electron chi connectivity index (χ3n) is 8.10. The van der Waals surface area contributed by atoms with Gasteiger partial charge in [0.25, 0.3) is 0 Å². The Bertz CT molecular complexity index is 1040. The van der Waals surface area contributed by atoms with Gasteiger partial charge in [-0.1, -0.05) is 25.0 Å². The van der Waals surface area contributed by atoms with Crippen molar-refractivity contribution in [3.05, 3.63) is 53.2 Å².